The van der Waals surface area contributed by atoms with Gasteiger partial charge in [0.25, 0.3) is 5.91 Å². The Balaban J connectivity index is 2.39. The van der Waals surface area contributed by atoms with Crippen LogP contribution < -0.4 is 10.6 Å². The summed E-state index contributed by atoms with van der Waals surface area (Å²) in [4.78, 5) is 37.9. The minimum atomic E-state index is -0.325. The first-order chi connectivity index (χ1) is 10.7. The van der Waals surface area contributed by atoms with Gasteiger partial charge in [-0.05, 0) is 39.1 Å². The second-order valence-electron chi connectivity index (χ2n) is 6.19. The molecular weight excluding hydrogens is 314 g/mol. The Bertz CT molecular complexity index is 535. The molecule has 1 aromatic rings. The molecule has 1 aromatic heterocycles. The highest BCUT2D eigenvalue weighted by molar-refractivity contribution is 7.12. The molecule has 0 aromatic carbocycles. The largest absolute Gasteiger partial charge is 0.351 e. The Labute approximate surface area is 141 Å². The van der Waals surface area contributed by atoms with E-state index in [2.05, 4.69) is 10.6 Å². The molecule has 0 aliphatic carbocycles. The van der Waals surface area contributed by atoms with Gasteiger partial charge in [0.1, 0.15) is 0 Å². The van der Waals surface area contributed by atoms with Crippen LogP contribution in [0.4, 0.5) is 0 Å². The van der Waals surface area contributed by atoms with Crippen LogP contribution in [0.5, 0.6) is 0 Å². The first kappa shape index (κ1) is 19.2. The molecule has 128 valence electrons. The van der Waals surface area contributed by atoms with Crippen molar-refractivity contribution in [3.63, 3.8) is 0 Å². The summed E-state index contributed by atoms with van der Waals surface area (Å²) in [5.74, 6) is -0.514. The number of hydrogen-bond acceptors (Lipinski definition) is 4. The van der Waals surface area contributed by atoms with Crippen molar-refractivity contribution in [1.82, 2.24) is 15.5 Å². The number of thiophene rings is 1. The van der Waals surface area contributed by atoms with Crippen molar-refractivity contribution in [2.24, 2.45) is 0 Å². The van der Waals surface area contributed by atoms with Crippen LogP contribution in [0.1, 0.15) is 43.8 Å². The van der Waals surface area contributed by atoms with Crippen LogP contribution in [0.3, 0.4) is 0 Å². The number of carbonyl (C=O) groups excluding carboxylic acids is 3. The molecule has 2 N–H and O–H groups in total. The molecule has 1 rings (SSSR count). The van der Waals surface area contributed by atoms with E-state index in [0.29, 0.717) is 11.4 Å². The average molecular weight is 339 g/mol. The van der Waals surface area contributed by atoms with E-state index in [1.165, 1.54) is 16.2 Å². The van der Waals surface area contributed by atoms with E-state index in [0.717, 1.165) is 0 Å². The third-order valence-electron chi connectivity index (χ3n) is 2.95. The fourth-order valence-corrected chi connectivity index (χ4v) is 2.58. The number of likely N-dealkylation sites (N-methyl/N-ethyl adjacent to an activating group) is 1. The number of hydrogen-bond donors (Lipinski definition) is 2. The molecule has 0 bridgehead atoms. The van der Waals surface area contributed by atoms with E-state index < -0.39 is 0 Å². The van der Waals surface area contributed by atoms with Crippen molar-refractivity contribution in [2.45, 2.75) is 39.7 Å². The molecular formula is C16H25N3O3S. The summed E-state index contributed by atoms with van der Waals surface area (Å²) in [5.41, 5.74) is -0.325. The van der Waals surface area contributed by atoms with Gasteiger partial charge in [0.05, 0.1) is 11.4 Å². The van der Waals surface area contributed by atoms with Crippen molar-refractivity contribution in [3.05, 3.63) is 22.4 Å². The SMILES string of the molecule is CCN(CC(=O)NC(C)(C)C)C(=O)CCNC(=O)c1cccs1. The fourth-order valence-electron chi connectivity index (χ4n) is 1.94. The molecule has 0 saturated carbocycles. The van der Waals surface area contributed by atoms with E-state index in [1.54, 1.807) is 12.1 Å². The molecule has 0 saturated heterocycles. The molecule has 0 radical (unpaired) electrons. The molecule has 0 aliphatic heterocycles. The van der Waals surface area contributed by atoms with Gasteiger partial charge < -0.3 is 15.5 Å². The van der Waals surface area contributed by atoms with Gasteiger partial charge in [-0.2, -0.15) is 0 Å². The molecule has 3 amide bonds. The van der Waals surface area contributed by atoms with Crippen molar-refractivity contribution in [1.29, 1.82) is 0 Å². The lowest BCUT2D eigenvalue weighted by Crippen LogP contribution is -2.47. The Morgan fingerprint density at radius 3 is 2.48 bits per heavy atom. The minimum Gasteiger partial charge on any atom is -0.351 e. The van der Waals surface area contributed by atoms with Crippen LogP contribution in [0, 0.1) is 0 Å². The van der Waals surface area contributed by atoms with Gasteiger partial charge in [0, 0.05) is 25.0 Å². The van der Waals surface area contributed by atoms with E-state index in [-0.39, 0.29) is 42.8 Å². The topological polar surface area (TPSA) is 78.5 Å². The highest BCUT2D eigenvalue weighted by atomic mass is 32.1. The van der Waals surface area contributed by atoms with Crippen LogP contribution in [-0.2, 0) is 9.59 Å². The van der Waals surface area contributed by atoms with Crippen LogP contribution in [0.15, 0.2) is 17.5 Å². The zero-order chi connectivity index (χ0) is 17.5. The minimum absolute atomic E-state index is 0.0332. The Hall–Kier alpha value is -1.89. The number of carbonyl (C=O) groups is 3. The molecule has 0 aliphatic rings. The Morgan fingerprint density at radius 1 is 1.26 bits per heavy atom. The predicted molar refractivity (Wildman–Crippen MR) is 91.4 cm³/mol. The maximum Gasteiger partial charge on any atom is 0.261 e. The van der Waals surface area contributed by atoms with Gasteiger partial charge in [-0.15, -0.1) is 11.3 Å². The van der Waals surface area contributed by atoms with E-state index >= 15 is 0 Å². The van der Waals surface area contributed by atoms with Gasteiger partial charge in [0.15, 0.2) is 0 Å². The quantitative estimate of drug-likeness (QED) is 0.792. The Morgan fingerprint density at radius 2 is 1.96 bits per heavy atom. The highest BCUT2D eigenvalue weighted by Crippen LogP contribution is 2.07. The van der Waals surface area contributed by atoms with Crippen LogP contribution >= 0.6 is 11.3 Å². The first-order valence-corrected chi connectivity index (χ1v) is 8.51. The monoisotopic (exact) mass is 339 g/mol. The summed E-state index contributed by atoms with van der Waals surface area (Å²) in [6.45, 7) is 8.25. The van der Waals surface area contributed by atoms with E-state index in [4.69, 9.17) is 0 Å². The lowest BCUT2D eigenvalue weighted by molar-refractivity contribution is -0.136. The van der Waals surface area contributed by atoms with Gasteiger partial charge in [-0.1, -0.05) is 6.07 Å². The second kappa shape index (κ2) is 8.67. The normalized spacial score (nSPS) is 11.0. The number of rotatable bonds is 7. The van der Waals surface area contributed by atoms with E-state index in [9.17, 15) is 14.4 Å². The standard InChI is InChI=1S/C16H25N3O3S/c1-5-19(11-13(20)18-16(2,3)4)14(21)8-9-17-15(22)12-7-6-10-23-12/h6-7,10H,5,8-9,11H2,1-4H3,(H,17,22)(H,18,20). The molecule has 0 unspecified atom stereocenters. The summed E-state index contributed by atoms with van der Waals surface area (Å²) < 4.78 is 0. The zero-order valence-electron chi connectivity index (χ0n) is 14.1. The number of amides is 3. The molecule has 7 heteroatoms. The lowest BCUT2D eigenvalue weighted by atomic mass is 10.1. The molecule has 23 heavy (non-hydrogen) atoms. The summed E-state index contributed by atoms with van der Waals surface area (Å²) in [6.07, 6.45) is 0.174. The third-order valence-corrected chi connectivity index (χ3v) is 3.82. The highest BCUT2D eigenvalue weighted by Gasteiger charge is 2.19. The predicted octanol–water partition coefficient (Wildman–Crippen LogP) is 1.63. The molecule has 6 nitrogen and oxygen atoms in total. The maximum absolute atomic E-state index is 12.1. The summed E-state index contributed by atoms with van der Waals surface area (Å²) in [6, 6.07) is 3.54. The molecule has 0 spiro atoms. The van der Waals surface area contributed by atoms with Crippen molar-refractivity contribution in [2.75, 3.05) is 19.6 Å². The smallest absolute Gasteiger partial charge is 0.261 e. The number of nitrogens with one attached hydrogen (secondary N) is 2. The molecule has 0 fully saturated rings. The molecule has 0 atom stereocenters. The third kappa shape index (κ3) is 7.27. The zero-order valence-corrected chi connectivity index (χ0v) is 15.0. The average Bonchev–Trinajstić information content (AvgIpc) is 2.96. The van der Waals surface area contributed by atoms with Crippen LogP contribution in [0.2, 0.25) is 0 Å². The molecule has 1 heterocycles. The Kier molecular flexibility index (Phi) is 7.22. The maximum atomic E-state index is 12.1. The van der Waals surface area contributed by atoms with Gasteiger partial charge >= 0.3 is 0 Å². The van der Waals surface area contributed by atoms with Gasteiger partial charge in [-0.3, -0.25) is 14.4 Å². The summed E-state index contributed by atoms with van der Waals surface area (Å²) >= 11 is 1.35. The van der Waals surface area contributed by atoms with Crippen LogP contribution in [-0.4, -0.2) is 47.8 Å². The van der Waals surface area contributed by atoms with E-state index in [1.807, 2.05) is 33.1 Å². The van der Waals surface area contributed by atoms with Gasteiger partial charge in [-0.25, -0.2) is 0 Å². The second-order valence-corrected chi connectivity index (χ2v) is 7.14. The van der Waals surface area contributed by atoms with Crippen molar-refractivity contribution in [3.8, 4) is 0 Å². The van der Waals surface area contributed by atoms with Gasteiger partial charge in [0.2, 0.25) is 11.8 Å². The van der Waals surface area contributed by atoms with Crippen molar-refractivity contribution >= 4 is 29.1 Å². The number of nitrogens with zero attached hydrogens (tertiary/aromatic N) is 1. The van der Waals surface area contributed by atoms with Crippen molar-refractivity contribution < 1.29 is 14.4 Å². The lowest BCUT2D eigenvalue weighted by Gasteiger charge is -2.25. The first-order valence-electron chi connectivity index (χ1n) is 7.63. The summed E-state index contributed by atoms with van der Waals surface area (Å²) in [7, 11) is 0. The van der Waals surface area contributed by atoms with Crippen LogP contribution in [0.25, 0.3) is 0 Å². The summed E-state index contributed by atoms with van der Waals surface area (Å²) in [5, 5.41) is 7.37. The fraction of sp³-hybridized carbons (Fsp3) is 0.562.